The standard InChI is InChI=1S/C22H20O5/c1-4-25-15-7-5-14(6-8-15)16-11-18(23)27-21-19-13(3)9-12(2)10-17(19)26-22(24)20(16)21/h5-10,16H,4,11H2,1-3H3/t16-/m0/s1. The first kappa shape index (κ1) is 17.3. The van der Waals surface area contributed by atoms with Crippen molar-refractivity contribution >= 4 is 16.9 Å². The molecule has 5 nitrogen and oxygen atoms in total. The van der Waals surface area contributed by atoms with Gasteiger partial charge in [0.05, 0.1) is 24.0 Å². The second-order valence-electron chi connectivity index (χ2n) is 6.82. The predicted molar refractivity (Wildman–Crippen MR) is 102 cm³/mol. The SMILES string of the molecule is CCOc1ccc([C@@H]2CC(=O)Oc3c2c(=O)oc2cc(C)cc(C)c32)cc1. The summed E-state index contributed by atoms with van der Waals surface area (Å²) in [6, 6.07) is 11.2. The fourth-order valence-corrected chi connectivity index (χ4v) is 3.76. The van der Waals surface area contributed by atoms with Crippen molar-refractivity contribution in [3.63, 3.8) is 0 Å². The summed E-state index contributed by atoms with van der Waals surface area (Å²) >= 11 is 0. The summed E-state index contributed by atoms with van der Waals surface area (Å²) in [4.78, 5) is 25.1. The summed E-state index contributed by atoms with van der Waals surface area (Å²) in [5.41, 5.74) is 3.12. The molecule has 0 N–H and O–H groups in total. The lowest BCUT2D eigenvalue weighted by Crippen LogP contribution is -2.27. The molecule has 0 saturated carbocycles. The van der Waals surface area contributed by atoms with Crippen LogP contribution in [0.3, 0.4) is 0 Å². The van der Waals surface area contributed by atoms with Crippen LogP contribution >= 0.6 is 0 Å². The molecule has 5 heteroatoms. The molecule has 0 amide bonds. The van der Waals surface area contributed by atoms with Gasteiger partial charge in [-0.3, -0.25) is 4.79 Å². The first-order valence-electron chi connectivity index (χ1n) is 8.99. The Hall–Kier alpha value is -3.08. The van der Waals surface area contributed by atoms with Crippen molar-refractivity contribution in [1.82, 2.24) is 0 Å². The second-order valence-corrected chi connectivity index (χ2v) is 6.82. The quantitative estimate of drug-likeness (QED) is 0.513. The van der Waals surface area contributed by atoms with Crippen molar-refractivity contribution in [2.24, 2.45) is 0 Å². The molecule has 27 heavy (non-hydrogen) atoms. The largest absolute Gasteiger partial charge is 0.494 e. The number of rotatable bonds is 3. The maximum absolute atomic E-state index is 12.8. The molecule has 1 aliphatic heterocycles. The Morgan fingerprint density at radius 2 is 1.85 bits per heavy atom. The van der Waals surface area contributed by atoms with E-state index in [4.69, 9.17) is 13.9 Å². The van der Waals surface area contributed by atoms with Crippen LogP contribution in [0.4, 0.5) is 0 Å². The second kappa shape index (κ2) is 6.58. The molecular weight excluding hydrogens is 344 g/mol. The van der Waals surface area contributed by atoms with Crippen molar-refractivity contribution in [2.75, 3.05) is 6.61 Å². The molecule has 3 aromatic rings. The normalized spacial score (nSPS) is 16.1. The lowest BCUT2D eigenvalue weighted by Gasteiger charge is -2.25. The van der Waals surface area contributed by atoms with Crippen LogP contribution in [0.1, 0.15) is 41.5 Å². The predicted octanol–water partition coefficient (Wildman–Crippen LogP) is 4.25. The smallest absolute Gasteiger partial charge is 0.343 e. The average Bonchev–Trinajstić information content (AvgIpc) is 2.61. The van der Waals surface area contributed by atoms with Gasteiger partial charge in [0, 0.05) is 5.92 Å². The summed E-state index contributed by atoms with van der Waals surface area (Å²) in [5, 5.41) is 0.680. The average molecular weight is 364 g/mol. The zero-order chi connectivity index (χ0) is 19.1. The molecule has 0 radical (unpaired) electrons. The van der Waals surface area contributed by atoms with E-state index in [9.17, 15) is 9.59 Å². The van der Waals surface area contributed by atoms with Gasteiger partial charge in [0.2, 0.25) is 0 Å². The van der Waals surface area contributed by atoms with Gasteiger partial charge in [-0.05, 0) is 55.7 Å². The summed E-state index contributed by atoms with van der Waals surface area (Å²) in [6.07, 6.45) is 0.0994. The third-order valence-electron chi connectivity index (χ3n) is 4.87. The van der Waals surface area contributed by atoms with Crippen LogP contribution in [0.15, 0.2) is 45.6 Å². The molecule has 0 unspecified atom stereocenters. The minimum atomic E-state index is -0.464. The molecule has 138 valence electrons. The van der Waals surface area contributed by atoms with Crippen LogP contribution in [0, 0.1) is 13.8 Å². The first-order chi connectivity index (χ1) is 13.0. The Balaban J connectivity index is 1.92. The van der Waals surface area contributed by atoms with Gasteiger partial charge in [-0.2, -0.15) is 0 Å². The Morgan fingerprint density at radius 1 is 1.11 bits per heavy atom. The maximum Gasteiger partial charge on any atom is 0.343 e. The molecule has 1 aromatic heterocycles. The number of carbonyl (C=O) groups excluding carboxylic acids is 1. The summed E-state index contributed by atoms with van der Waals surface area (Å²) in [7, 11) is 0. The molecule has 0 aliphatic carbocycles. The Morgan fingerprint density at radius 3 is 2.56 bits per heavy atom. The molecule has 1 aliphatic rings. The number of esters is 1. The van der Waals surface area contributed by atoms with Crippen LogP contribution in [0.5, 0.6) is 11.5 Å². The van der Waals surface area contributed by atoms with Gasteiger partial charge in [-0.25, -0.2) is 4.79 Å². The minimum Gasteiger partial charge on any atom is -0.494 e. The number of carbonyl (C=O) groups is 1. The van der Waals surface area contributed by atoms with E-state index in [1.807, 2.05) is 51.1 Å². The molecule has 4 rings (SSSR count). The highest BCUT2D eigenvalue weighted by Crippen LogP contribution is 2.42. The van der Waals surface area contributed by atoms with Crippen LogP contribution in [-0.2, 0) is 4.79 Å². The van der Waals surface area contributed by atoms with E-state index in [1.54, 1.807) is 6.07 Å². The molecule has 0 fully saturated rings. The lowest BCUT2D eigenvalue weighted by molar-refractivity contribution is -0.135. The highest BCUT2D eigenvalue weighted by Gasteiger charge is 2.34. The Labute approximate surface area is 156 Å². The minimum absolute atomic E-state index is 0.0994. The van der Waals surface area contributed by atoms with E-state index in [-0.39, 0.29) is 12.4 Å². The first-order valence-corrected chi connectivity index (χ1v) is 8.99. The number of benzene rings is 2. The van der Waals surface area contributed by atoms with Gasteiger partial charge in [-0.1, -0.05) is 18.2 Å². The van der Waals surface area contributed by atoms with Crippen molar-refractivity contribution in [3.05, 3.63) is 69.1 Å². The molecule has 1 atom stereocenters. The Kier molecular flexibility index (Phi) is 4.22. The summed E-state index contributed by atoms with van der Waals surface area (Å²) < 4.78 is 16.6. The van der Waals surface area contributed by atoms with Crippen molar-refractivity contribution in [2.45, 2.75) is 33.1 Å². The van der Waals surface area contributed by atoms with E-state index < -0.39 is 11.5 Å². The molecule has 0 saturated heterocycles. The number of fused-ring (bicyclic) bond motifs is 3. The van der Waals surface area contributed by atoms with Crippen molar-refractivity contribution in [1.29, 1.82) is 0 Å². The molecule has 0 spiro atoms. The third-order valence-corrected chi connectivity index (χ3v) is 4.87. The number of ether oxygens (including phenoxy) is 2. The van der Waals surface area contributed by atoms with Crippen molar-refractivity contribution in [3.8, 4) is 11.5 Å². The zero-order valence-corrected chi connectivity index (χ0v) is 15.5. The lowest BCUT2D eigenvalue weighted by atomic mass is 9.86. The van der Waals surface area contributed by atoms with E-state index in [1.165, 1.54) is 0 Å². The summed E-state index contributed by atoms with van der Waals surface area (Å²) in [6.45, 7) is 6.35. The van der Waals surface area contributed by atoms with E-state index in [0.29, 0.717) is 28.9 Å². The highest BCUT2D eigenvalue weighted by molar-refractivity contribution is 5.92. The zero-order valence-electron chi connectivity index (χ0n) is 15.5. The molecular formula is C22H20O5. The topological polar surface area (TPSA) is 65.7 Å². The fraction of sp³-hybridized carbons (Fsp3) is 0.273. The van der Waals surface area contributed by atoms with E-state index in [0.717, 1.165) is 22.4 Å². The fourth-order valence-electron chi connectivity index (χ4n) is 3.76. The molecule has 0 bridgehead atoms. The van der Waals surface area contributed by atoms with Gasteiger partial charge in [-0.15, -0.1) is 0 Å². The van der Waals surface area contributed by atoms with E-state index in [2.05, 4.69) is 0 Å². The highest BCUT2D eigenvalue weighted by atomic mass is 16.5. The number of aryl methyl sites for hydroxylation is 2. The van der Waals surface area contributed by atoms with Gasteiger partial charge in [0.15, 0.2) is 5.75 Å². The number of hydrogen-bond acceptors (Lipinski definition) is 5. The van der Waals surface area contributed by atoms with Gasteiger partial charge >= 0.3 is 11.6 Å². The van der Waals surface area contributed by atoms with Gasteiger partial charge in [0.1, 0.15) is 11.3 Å². The number of hydrogen-bond donors (Lipinski definition) is 0. The molecule has 2 aromatic carbocycles. The van der Waals surface area contributed by atoms with Crippen LogP contribution < -0.4 is 15.1 Å². The molecule has 2 heterocycles. The van der Waals surface area contributed by atoms with E-state index >= 15 is 0 Å². The van der Waals surface area contributed by atoms with Crippen molar-refractivity contribution < 1.29 is 18.7 Å². The maximum atomic E-state index is 12.8. The van der Waals surface area contributed by atoms with Crippen LogP contribution in [-0.4, -0.2) is 12.6 Å². The van der Waals surface area contributed by atoms with Gasteiger partial charge < -0.3 is 13.9 Å². The monoisotopic (exact) mass is 364 g/mol. The Bertz CT molecular complexity index is 1090. The van der Waals surface area contributed by atoms with Gasteiger partial charge in [0.25, 0.3) is 0 Å². The summed E-state index contributed by atoms with van der Waals surface area (Å²) in [5.74, 6) is 0.317. The van der Waals surface area contributed by atoms with Crippen LogP contribution in [0.2, 0.25) is 0 Å². The van der Waals surface area contributed by atoms with Crippen LogP contribution in [0.25, 0.3) is 11.0 Å². The third kappa shape index (κ3) is 2.99.